The third kappa shape index (κ3) is 3.23. The highest BCUT2D eigenvalue weighted by atomic mass is 32.1. The predicted molar refractivity (Wildman–Crippen MR) is 94.3 cm³/mol. The average molecular weight is 330 g/mol. The second-order valence-corrected chi connectivity index (χ2v) is 7.32. The lowest BCUT2D eigenvalue weighted by atomic mass is 9.90. The smallest absolute Gasteiger partial charge is 0.275 e. The number of carbonyl (C=O) groups excluding carboxylic acids is 1. The van der Waals surface area contributed by atoms with E-state index in [4.69, 9.17) is 5.73 Å². The number of para-hydroxylation sites is 1. The summed E-state index contributed by atoms with van der Waals surface area (Å²) >= 11 is 1.45. The van der Waals surface area contributed by atoms with Crippen LogP contribution in [-0.4, -0.2) is 35.4 Å². The van der Waals surface area contributed by atoms with Gasteiger partial charge < -0.3 is 16.0 Å². The van der Waals surface area contributed by atoms with Crippen LogP contribution in [0.2, 0.25) is 0 Å². The molecule has 1 aromatic heterocycles. The molecule has 1 aliphatic heterocycles. The highest BCUT2D eigenvalue weighted by Crippen LogP contribution is 2.32. The largest absolute Gasteiger partial charge is 0.345 e. The molecule has 1 atom stereocenters. The number of hydrogen-bond acceptors (Lipinski definition) is 5. The van der Waals surface area contributed by atoms with Crippen LogP contribution >= 0.6 is 11.3 Å². The monoisotopic (exact) mass is 330 g/mol. The van der Waals surface area contributed by atoms with Crippen molar-refractivity contribution >= 4 is 27.9 Å². The lowest BCUT2D eigenvalue weighted by molar-refractivity contribution is 0.0773. The third-order valence-electron chi connectivity index (χ3n) is 4.50. The number of benzene rings is 1. The van der Waals surface area contributed by atoms with E-state index in [2.05, 4.69) is 17.2 Å². The van der Waals surface area contributed by atoms with Gasteiger partial charge in [-0.3, -0.25) is 4.79 Å². The number of likely N-dealkylation sites (tertiary alicyclic amines) is 1. The van der Waals surface area contributed by atoms with Crippen LogP contribution in [0.5, 0.6) is 0 Å². The van der Waals surface area contributed by atoms with E-state index in [1.165, 1.54) is 11.3 Å². The number of hydrogen-bond donors (Lipinski definition) is 2. The first-order chi connectivity index (χ1) is 11.0. The van der Waals surface area contributed by atoms with Gasteiger partial charge >= 0.3 is 0 Å². The number of aromatic nitrogens is 1. The first-order valence-corrected chi connectivity index (χ1v) is 8.66. The van der Waals surface area contributed by atoms with Gasteiger partial charge in [-0.2, -0.15) is 0 Å². The zero-order valence-corrected chi connectivity index (χ0v) is 14.3. The molecule has 1 aromatic carbocycles. The molecule has 1 amide bonds. The average Bonchev–Trinajstić information content (AvgIpc) is 3.16. The molecule has 6 heteroatoms. The lowest BCUT2D eigenvalue weighted by Gasteiger charge is -2.22. The molecule has 2 aromatic rings. The molecule has 0 aliphatic carbocycles. The zero-order chi connectivity index (χ0) is 16.4. The molecule has 3 rings (SSSR count). The van der Waals surface area contributed by atoms with Crippen molar-refractivity contribution in [1.29, 1.82) is 0 Å². The number of nitrogens with one attached hydrogen (secondary N) is 1. The maximum atomic E-state index is 12.8. The Balaban J connectivity index is 1.79. The van der Waals surface area contributed by atoms with Gasteiger partial charge in [0.1, 0.15) is 5.00 Å². The van der Waals surface area contributed by atoms with Crippen molar-refractivity contribution in [3.05, 3.63) is 41.0 Å². The predicted octanol–water partition coefficient (Wildman–Crippen LogP) is 3.01. The second-order valence-electron chi connectivity index (χ2n) is 6.46. The number of aryl methyl sites for hydroxylation is 1. The molecule has 1 saturated heterocycles. The standard InChI is InChI=1S/C17H22N4OS/c1-12-5-3-4-6-13(12)20-15-14(19-11-23-15)16(22)21-8-7-17(2,9-18)10-21/h3-6,11,20H,7-10,18H2,1-2H3. The molecule has 23 heavy (non-hydrogen) atoms. The molecule has 0 radical (unpaired) electrons. The molecular formula is C17H22N4OS. The molecule has 1 fully saturated rings. The van der Waals surface area contributed by atoms with E-state index in [0.717, 1.165) is 29.2 Å². The van der Waals surface area contributed by atoms with Gasteiger partial charge in [-0.1, -0.05) is 25.1 Å². The Labute approximate surface area is 140 Å². The van der Waals surface area contributed by atoms with Gasteiger partial charge in [0, 0.05) is 18.8 Å². The van der Waals surface area contributed by atoms with E-state index in [-0.39, 0.29) is 11.3 Å². The lowest BCUT2D eigenvalue weighted by Crippen LogP contribution is -2.34. The highest BCUT2D eigenvalue weighted by molar-refractivity contribution is 7.14. The maximum absolute atomic E-state index is 12.8. The van der Waals surface area contributed by atoms with Crippen molar-refractivity contribution in [3.8, 4) is 0 Å². The summed E-state index contributed by atoms with van der Waals surface area (Å²) in [4.78, 5) is 19.0. The second kappa shape index (κ2) is 6.29. The molecule has 0 spiro atoms. The van der Waals surface area contributed by atoms with Crippen LogP contribution in [0.1, 0.15) is 29.4 Å². The van der Waals surface area contributed by atoms with Crippen molar-refractivity contribution in [2.24, 2.45) is 11.1 Å². The van der Waals surface area contributed by atoms with Crippen LogP contribution in [0, 0.1) is 12.3 Å². The van der Waals surface area contributed by atoms with E-state index in [0.29, 0.717) is 18.8 Å². The van der Waals surface area contributed by atoms with E-state index in [1.54, 1.807) is 5.51 Å². The zero-order valence-electron chi connectivity index (χ0n) is 13.5. The van der Waals surface area contributed by atoms with Crippen molar-refractivity contribution < 1.29 is 4.79 Å². The van der Waals surface area contributed by atoms with Crippen molar-refractivity contribution in [2.75, 3.05) is 25.0 Å². The fraction of sp³-hybridized carbons (Fsp3) is 0.412. The van der Waals surface area contributed by atoms with Gasteiger partial charge in [-0.25, -0.2) is 4.98 Å². The number of anilines is 2. The highest BCUT2D eigenvalue weighted by Gasteiger charge is 2.36. The van der Waals surface area contributed by atoms with Crippen molar-refractivity contribution in [3.63, 3.8) is 0 Å². The number of thiazole rings is 1. The minimum absolute atomic E-state index is 0.0143. The summed E-state index contributed by atoms with van der Waals surface area (Å²) in [6.45, 7) is 6.21. The van der Waals surface area contributed by atoms with Gasteiger partial charge in [0.2, 0.25) is 0 Å². The summed E-state index contributed by atoms with van der Waals surface area (Å²) in [6, 6.07) is 8.02. The maximum Gasteiger partial charge on any atom is 0.275 e. The summed E-state index contributed by atoms with van der Waals surface area (Å²) in [5, 5.41) is 4.14. The number of carbonyl (C=O) groups is 1. The van der Waals surface area contributed by atoms with Crippen LogP contribution in [0.15, 0.2) is 29.8 Å². The van der Waals surface area contributed by atoms with Gasteiger partial charge in [0.15, 0.2) is 5.69 Å². The number of nitrogens with zero attached hydrogens (tertiary/aromatic N) is 2. The van der Waals surface area contributed by atoms with E-state index in [1.807, 2.05) is 36.1 Å². The number of amides is 1. The summed E-state index contributed by atoms with van der Waals surface area (Å²) in [5.74, 6) is -0.0143. The minimum atomic E-state index is -0.0143. The summed E-state index contributed by atoms with van der Waals surface area (Å²) in [7, 11) is 0. The number of nitrogens with two attached hydrogens (primary N) is 1. The Morgan fingerprint density at radius 2 is 2.26 bits per heavy atom. The fourth-order valence-electron chi connectivity index (χ4n) is 2.84. The van der Waals surface area contributed by atoms with Crippen LogP contribution in [0.3, 0.4) is 0 Å². The van der Waals surface area contributed by atoms with E-state index >= 15 is 0 Å². The fourth-order valence-corrected chi connectivity index (χ4v) is 3.52. The molecule has 2 heterocycles. The summed E-state index contributed by atoms with van der Waals surface area (Å²) in [6.07, 6.45) is 0.944. The van der Waals surface area contributed by atoms with E-state index in [9.17, 15) is 4.79 Å². The molecular weight excluding hydrogens is 308 g/mol. The molecule has 1 aliphatic rings. The molecule has 122 valence electrons. The Bertz CT molecular complexity index is 714. The van der Waals surface area contributed by atoms with Crippen LogP contribution in [-0.2, 0) is 0 Å². The molecule has 0 saturated carbocycles. The Morgan fingerprint density at radius 3 is 2.96 bits per heavy atom. The van der Waals surface area contributed by atoms with Crippen LogP contribution in [0.25, 0.3) is 0 Å². The Kier molecular flexibility index (Phi) is 4.37. The molecule has 3 N–H and O–H groups in total. The van der Waals surface area contributed by atoms with Gasteiger partial charge in [-0.15, -0.1) is 11.3 Å². The molecule has 0 bridgehead atoms. The Morgan fingerprint density at radius 1 is 1.48 bits per heavy atom. The first-order valence-electron chi connectivity index (χ1n) is 7.78. The molecule has 5 nitrogen and oxygen atoms in total. The van der Waals surface area contributed by atoms with Crippen molar-refractivity contribution in [1.82, 2.24) is 9.88 Å². The third-order valence-corrected chi connectivity index (χ3v) is 5.24. The van der Waals surface area contributed by atoms with Gasteiger partial charge in [-0.05, 0) is 36.9 Å². The minimum Gasteiger partial charge on any atom is -0.345 e. The first kappa shape index (κ1) is 16.0. The quantitative estimate of drug-likeness (QED) is 0.904. The summed E-state index contributed by atoms with van der Waals surface area (Å²) < 4.78 is 0. The van der Waals surface area contributed by atoms with Crippen molar-refractivity contribution in [2.45, 2.75) is 20.3 Å². The van der Waals surface area contributed by atoms with E-state index < -0.39 is 0 Å². The van der Waals surface area contributed by atoms with Gasteiger partial charge in [0.25, 0.3) is 5.91 Å². The molecule has 1 unspecified atom stereocenters. The number of rotatable bonds is 4. The topological polar surface area (TPSA) is 71.2 Å². The van der Waals surface area contributed by atoms with Crippen LogP contribution in [0.4, 0.5) is 10.7 Å². The Hall–Kier alpha value is -1.92. The summed E-state index contributed by atoms with van der Waals surface area (Å²) in [5.41, 5.74) is 10.2. The normalized spacial score (nSPS) is 20.7. The SMILES string of the molecule is Cc1ccccc1Nc1scnc1C(=O)N1CCC(C)(CN)C1. The van der Waals surface area contributed by atoms with Crippen LogP contribution < -0.4 is 11.1 Å². The van der Waals surface area contributed by atoms with Gasteiger partial charge in [0.05, 0.1) is 5.51 Å².